The van der Waals surface area contributed by atoms with Gasteiger partial charge in [0.1, 0.15) is 17.4 Å². The van der Waals surface area contributed by atoms with Gasteiger partial charge < -0.3 is 24.9 Å². The summed E-state index contributed by atoms with van der Waals surface area (Å²) in [7, 11) is 1.30. The van der Waals surface area contributed by atoms with E-state index in [0.29, 0.717) is 41.2 Å². The number of nitrogens with zero attached hydrogens (tertiary/aromatic N) is 2. The number of benzene rings is 2. The highest BCUT2D eigenvalue weighted by Gasteiger charge is 2.16. The number of aromatic nitrogens is 2. The Balaban J connectivity index is 1.92. The second-order valence-corrected chi connectivity index (χ2v) is 9.05. The van der Waals surface area contributed by atoms with Crippen molar-refractivity contribution in [1.29, 1.82) is 5.41 Å². The fourth-order valence-electron chi connectivity index (χ4n) is 3.42. The lowest BCUT2D eigenvalue weighted by atomic mass is 10.1. The van der Waals surface area contributed by atoms with Crippen molar-refractivity contribution in [2.45, 2.75) is 19.4 Å². The minimum Gasteiger partial charge on any atom is -0.617 e. The summed E-state index contributed by atoms with van der Waals surface area (Å²) < 4.78 is 18.2. The molecule has 33 heavy (non-hydrogen) atoms. The van der Waals surface area contributed by atoms with Crippen LogP contribution in [-0.2, 0) is 27.3 Å². The van der Waals surface area contributed by atoms with E-state index in [1.165, 1.54) is 7.11 Å². The van der Waals surface area contributed by atoms with Crippen LogP contribution in [0.3, 0.4) is 0 Å². The van der Waals surface area contributed by atoms with Gasteiger partial charge in [0.2, 0.25) is 0 Å². The Kier molecular flexibility index (Phi) is 8.07. The van der Waals surface area contributed by atoms with Crippen LogP contribution in [0.4, 0.5) is 0 Å². The van der Waals surface area contributed by atoms with E-state index < -0.39 is 17.1 Å². The average molecular weight is 470 g/mol. The molecule has 1 amide bonds. The third-order valence-corrected chi connectivity index (χ3v) is 5.98. The predicted molar refractivity (Wildman–Crippen MR) is 129 cm³/mol. The Morgan fingerprint density at radius 1 is 1.21 bits per heavy atom. The first kappa shape index (κ1) is 24.3. The molecule has 1 unspecified atom stereocenters. The van der Waals surface area contributed by atoms with Gasteiger partial charge in [0.05, 0.1) is 30.8 Å². The zero-order valence-corrected chi connectivity index (χ0v) is 19.4. The Morgan fingerprint density at radius 2 is 1.91 bits per heavy atom. The van der Waals surface area contributed by atoms with Crippen molar-refractivity contribution >= 4 is 39.9 Å². The number of imidazole rings is 1. The van der Waals surface area contributed by atoms with Crippen LogP contribution in [0.2, 0.25) is 0 Å². The Labute approximate surface area is 195 Å². The molecule has 0 radical (unpaired) electrons. The summed E-state index contributed by atoms with van der Waals surface area (Å²) in [4.78, 5) is 28.5. The van der Waals surface area contributed by atoms with Crippen molar-refractivity contribution in [3.63, 3.8) is 0 Å². The van der Waals surface area contributed by atoms with Gasteiger partial charge in [-0.2, -0.15) is 0 Å². The van der Waals surface area contributed by atoms with Crippen molar-refractivity contribution in [3.05, 3.63) is 53.6 Å². The van der Waals surface area contributed by atoms with Crippen molar-refractivity contribution in [1.82, 2.24) is 14.9 Å². The second kappa shape index (κ2) is 11.0. The lowest BCUT2D eigenvalue weighted by molar-refractivity contribution is -0.140. The van der Waals surface area contributed by atoms with E-state index in [2.05, 4.69) is 10.1 Å². The normalized spacial score (nSPS) is 11.8. The minimum absolute atomic E-state index is 0.0108. The number of carbonyl (C=O) groups is 2. The maximum Gasteiger partial charge on any atom is 0.307 e. The number of rotatable bonds is 10. The number of nitrogens with one attached hydrogen (secondary N) is 2. The number of hydrogen-bond acceptors (Lipinski definition) is 6. The number of ether oxygens (including phenoxy) is 1. The number of amides is 1. The van der Waals surface area contributed by atoms with Crippen LogP contribution in [-0.4, -0.2) is 57.5 Å². The molecule has 2 aromatic carbocycles. The molecular formula is C23H27N5O4S. The van der Waals surface area contributed by atoms with Crippen LogP contribution in [0.5, 0.6) is 0 Å². The van der Waals surface area contributed by atoms with Gasteiger partial charge in [-0.25, -0.2) is 4.98 Å². The predicted octanol–water partition coefficient (Wildman–Crippen LogP) is 2.05. The van der Waals surface area contributed by atoms with Crippen molar-refractivity contribution < 1.29 is 18.9 Å². The van der Waals surface area contributed by atoms with Gasteiger partial charge in [0.25, 0.3) is 5.91 Å². The number of aryl methyl sites for hydroxylation is 1. The van der Waals surface area contributed by atoms with E-state index in [1.54, 1.807) is 30.5 Å². The summed E-state index contributed by atoms with van der Waals surface area (Å²) in [6.45, 7) is 0.796. The fourth-order valence-corrected chi connectivity index (χ4v) is 3.96. The maximum atomic E-state index is 12.5. The van der Waals surface area contributed by atoms with E-state index >= 15 is 0 Å². The van der Waals surface area contributed by atoms with Crippen molar-refractivity contribution in [2.24, 2.45) is 5.73 Å². The number of carbonyl (C=O) groups excluding carboxylic acids is 2. The lowest BCUT2D eigenvalue weighted by Gasteiger charge is -2.11. The molecule has 0 bridgehead atoms. The molecule has 1 heterocycles. The first-order valence-corrected chi connectivity index (χ1v) is 12.1. The van der Waals surface area contributed by atoms with E-state index in [9.17, 15) is 14.1 Å². The summed E-state index contributed by atoms with van der Waals surface area (Å²) in [6, 6.07) is 12.5. The summed E-state index contributed by atoms with van der Waals surface area (Å²) in [6.07, 6.45) is 2.49. The zero-order chi connectivity index (χ0) is 24.0. The Morgan fingerprint density at radius 3 is 2.55 bits per heavy atom. The SMILES string of the molecule is COC(=O)CCNC(=O)c1ccc2c(c1)nc(-c1ccc(C(=N)N)cc1)n2CCC[S+](C)[O-]. The molecule has 0 fully saturated rings. The van der Waals surface area contributed by atoms with Gasteiger partial charge in [0, 0.05) is 36.2 Å². The highest BCUT2D eigenvalue weighted by atomic mass is 32.2. The Hall–Kier alpha value is -3.37. The molecule has 174 valence electrons. The van der Waals surface area contributed by atoms with Crippen LogP contribution in [0.1, 0.15) is 28.8 Å². The van der Waals surface area contributed by atoms with E-state index in [-0.39, 0.29) is 24.7 Å². The molecule has 10 heteroatoms. The van der Waals surface area contributed by atoms with E-state index in [0.717, 1.165) is 11.1 Å². The number of hydrogen-bond donors (Lipinski definition) is 3. The van der Waals surface area contributed by atoms with Gasteiger partial charge in [-0.1, -0.05) is 35.4 Å². The summed E-state index contributed by atoms with van der Waals surface area (Å²) in [5, 5.41) is 10.3. The van der Waals surface area contributed by atoms with Gasteiger partial charge in [-0.15, -0.1) is 0 Å². The number of amidine groups is 1. The van der Waals surface area contributed by atoms with Crippen LogP contribution >= 0.6 is 0 Å². The van der Waals surface area contributed by atoms with Crippen LogP contribution in [0.15, 0.2) is 42.5 Å². The molecule has 0 aliphatic carbocycles. The van der Waals surface area contributed by atoms with Crippen molar-refractivity contribution in [3.8, 4) is 11.4 Å². The molecule has 1 aromatic heterocycles. The van der Waals surface area contributed by atoms with Gasteiger partial charge in [0.15, 0.2) is 0 Å². The highest BCUT2D eigenvalue weighted by Crippen LogP contribution is 2.26. The monoisotopic (exact) mass is 469 g/mol. The molecule has 0 saturated heterocycles. The average Bonchev–Trinajstić information content (AvgIpc) is 3.16. The molecular weight excluding hydrogens is 442 g/mol. The van der Waals surface area contributed by atoms with E-state index in [4.69, 9.17) is 16.1 Å². The van der Waals surface area contributed by atoms with Gasteiger partial charge in [-0.05, 0) is 18.2 Å². The number of nitrogens with two attached hydrogens (primary N) is 1. The quantitative estimate of drug-likeness (QED) is 0.179. The first-order chi connectivity index (χ1) is 15.8. The van der Waals surface area contributed by atoms with Gasteiger partial charge >= 0.3 is 5.97 Å². The molecule has 3 aromatic rings. The first-order valence-electron chi connectivity index (χ1n) is 10.4. The summed E-state index contributed by atoms with van der Waals surface area (Å²) in [5.41, 5.74) is 8.97. The zero-order valence-electron chi connectivity index (χ0n) is 18.6. The highest BCUT2D eigenvalue weighted by molar-refractivity contribution is 7.90. The number of nitrogen functional groups attached to an aromatic ring is 1. The second-order valence-electron chi connectivity index (χ2n) is 7.49. The molecule has 9 nitrogen and oxygen atoms in total. The van der Waals surface area contributed by atoms with Crippen LogP contribution in [0, 0.1) is 5.41 Å². The largest absolute Gasteiger partial charge is 0.617 e. The van der Waals surface area contributed by atoms with Crippen LogP contribution < -0.4 is 11.1 Å². The molecule has 1 atom stereocenters. The van der Waals surface area contributed by atoms with Crippen LogP contribution in [0.25, 0.3) is 22.4 Å². The topological polar surface area (TPSA) is 146 Å². The molecule has 0 aliphatic heterocycles. The Bertz CT molecular complexity index is 1160. The van der Waals surface area contributed by atoms with Crippen molar-refractivity contribution in [2.75, 3.05) is 25.7 Å². The molecule has 0 spiro atoms. The molecule has 4 N–H and O–H groups in total. The third-order valence-electron chi connectivity index (χ3n) is 5.12. The number of esters is 1. The lowest BCUT2D eigenvalue weighted by Crippen LogP contribution is -2.26. The molecule has 3 rings (SSSR count). The van der Waals surface area contributed by atoms with Gasteiger partial charge in [-0.3, -0.25) is 15.0 Å². The molecule has 0 aliphatic rings. The maximum absolute atomic E-state index is 12.5. The number of methoxy groups -OCH3 is 1. The standard InChI is InChI=1S/C23H27N5O4S/c1-32-20(29)10-11-26-23(30)17-8-9-19-18(14-17)27-22(28(19)12-3-13-33(2)31)16-6-4-15(5-7-16)21(24)25/h4-9,14H,3,10-13H2,1-2H3,(H3,24,25)(H,26,30). The summed E-state index contributed by atoms with van der Waals surface area (Å²) in [5.74, 6) is 0.582. The molecule has 0 saturated carbocycles. The summed E-state index contributed by atoms with van der Waals surface area (Å²) >= 11 is -0.895. The minimum atomic E-state index is -0.895. The number of fused-ring (bicyclic) bond motifs is 1. The fraction of sp³-hybridized carbons (Fsp3) is 0.304. The van der Waals surface area contributed by atoms with E-state index in [1.807, 2.05) is 22.8 Å². The third kappa shape index (κ3) is 6.11. The smallest absolute Gasteiger partial charge is 0.307 e.